The SMILES string of the molecule is Cc1cc2ccccc2cc1-c1cccc(-c2cc3ccccc3cc2C)n1. The fraction of sp³-hybridized carbons (Fsp3) is 0.0741. The summed E-state index contributed by atoms with van der Waals surface area (Å²) in [5, 5.41) is 5.03. The normalized spacial score (nSPS) is 11.2. The average Bonchev–Trinajstić information content (AvgIpc) is 2.73. The van der Waals surface area contributed by atoms with Gasteiger partial charge in [-0.15, -0.1) is 0 Å². The van der Waals surface area contributed by atoms with Gasteiger partial charge >= 0.3 is 0 Å². The van der Waals surface area contributed by atoms with Gasteiger partial charge in [0.05, 0.1) is 11.4 Å². The maximum Gasteiger partial charge on any atom is 0.0712 e. The summed E-state index contributed by atoms with van der Waals surface area (Å²) in [6.45, 7) is 4.33. The molecular weight excluding hydrogens is 338 g/mol. The third kappa shape index (κ3) is 2.86. The second kappa shape index (κ2) is 6.61. The highest BCUT2D eigenvalue weighted by atomic mass is 14.7. The van der Waals surface area contributed by atoms with Crippen LogP contribution in [-0.2, 0) is 0 Å². The molecule has 0 atom stereocenters. The minimum absolute atomic E-state index is 1.02. The molecule has 0 fully saturated rings. The molecule has 0 amide bonds. The highest BCUT2D eigenvalue weighted by Crippen LogP contribution is 2.31. The summed E-state index contributed by atoms with van der Waals surface area (Å²) >= 11 is 0. The Morgan fingerprint density at radius 2 is 0.857 bits per heavy atom. The predicted molar refractivity (Wildman–Crippen MR) is 120 cm³/mol. The third-order valence-electron chi connectivity index (χ3n) is 5.49. The zero-order valence-corrected chi connectivity index (χ0v) is 16.1. The molecule has 0 aliphatic rings. The molecule has 0 aliphatic carbocycles. The molecule has 5 aromatic rings. The van der Waals surface area contributed by atoms with Gasteiger partial charge in [-0.3, -0.25) is 0 Å². The Morgan fingerprint density at radius 3 is 1.29 bits per heavy atom. The fourth-order valence-electron chi connectivity index (χ4n) is 3.99. The second-order valence-corrected chi connectivity index (χ2v) is 7.44. The van der Waals surface area contributed by atoms with E-state index in [2.05, 4.69) is 105 Å². The smallest absolute Gasteiger partial charge is 0.0712 e. The van der Waals surface area contributed by atoms with Gasteiger partial charge in [-0.1, -0.05) is 66.7 Å². The maximum absolute atomic E-state index is 5.05. The Bertz CT molecular complexity index is 1230. The highest BCUT2D eigenvalue weighted by Gasteiger charge is 2.10. The molecule has 0 bridgehead atoms. The van der Waals surface area contributed by atoms with Crippen LogP contribution in [0.5, 0.6) is 0 Å². The fourth-order valence-corrected chi connectivity index (χ4v) is 3.99. The molecule has 1 aromatic heterocycles. The van der Waals surface area contributed by atoms with E-state index < -0.39 is 0 Å². The molecule has 0 saturated carbocycles. The Labute approximate surface area is 165 Å². The molecule has 5 rings (SSSR count). The van der Waals surface area contributed by atoms with E-state index in [1.54, 1.807) is 0 Å². The van der Waals surface area contributed by atoms with Crippen molar-refractivity contribution < 1.29 is 0 Å². The molecule has 1 heterocycles. The number of hydrogen-bond acceptors (Lipinski definition) is 1. The first-order chi connectivity index (χ1) is 13.7. The summed E-state index contributed by atoms with van der Waals surface area (Å²) in [6, 6.07) is 32.3. The van der Waals surface area contributed by atoms with E-state index in [1.165, 1.54) is 43.8 Å². The van der Waals surface area contributed by atoms with Crippen molar-refractivity contribution in [1.29, 1.82) is 0 Å². The number of rotatable bonds is 2. The second-order valence-electron chi connectivity index (χ2n) is 7.44. The summed E-state index contributed by atoms with van der Waals surface area (Å²) in [5.41, 5.74) is 6.93. The van der Waals surface area contributed by atoms with E-state index in [0.717, 1.165) is 11.4 Å². The van der Waals surface area contributed by atoms with Crippen LogP contribution in [0.15, 0.2) is 91.0 Å². The average molecular weight is 359 g/mol. The summed E-state index contributed by atoms with van der Waals surface area (Å²) < 4.78 is 0. The zero-order valence-electron chi connectivity index (χ0n) is 16.1. The zero-order chi connectivity index (χ0) is 19.1. The lowest BCUT2D eigenvalue weighted by Gasteiger charge is -2.12. The van der Waals surface area contributed by atoms with Crippen LogP contribution < -0.4 is 0 Å². The number of benzene rings is 4. The van der Waals surface area contributed by atoms with Gasteiger partial charge < -0.3 is 0 Å². The number of aromatic nitrogens is 1. The van der Waals surface area contributed by atoms with E-state index in [9.17, 15) is 0 Å². The number of aryl methyl sites for hydroxylation is 2. The quantitative estimate of drug-likeness (QED) is 0.321. The number of hydrogen-bond donors (Lipinski definition) is 0. The lowest BCUT2D eigenvalue weighted by Crippen LogP contribution is -1.92. The van der Waals surface area contributed by atoms with E-state index in [4.69, 9.17) is 4.98 Å². The molecule has 0 saturated heterocycles. The van der Waals surface area contributed by atoms with Crippen molar-refractivity contribution in [3.8, 4) is 22.5 Å². The van der Waals surface area contributed by atoms with Crippen LogP contribution in [0.1, 0.15) is 11.1 Å². The van der Waals surface area contributed by atoms with Crippen LogP contribution >= 0.6 is 0 Å². The Morgan fingerprint density at radius 1 is 0.464 bits per heavy atom. The molecule has 1 heteroatoms. The predicted octanol–water partition coefficient (Wildman–Crippen LogP) is 7.34. The van der Waals surface area contributed by atoms with Gasteiger partial charge in [0.25, 0.3) is 0 Å². The molecule has 0 spiro atoms. The number of pyridine rings is 1. The van der Waals surface area contributed by atoms with Crippen molar-refractivity contribution in [3.05, 3.63) is 102 Å². The third-order valence-corrected chi connectivity index (χ3v) is 5.49. The van der Waals surface area contributed by atoms with Crippen LogP contribution in [0.4, 0.5) is 0 Å². The minimum atomic E-state index is 1.02. The molecule has 0 radical (unpaired) electrons. The first kappa shape index (κ1) is 16.7. The maximum atomic E-state index is 5.05. The highest BCUT2D eigenvalue weighted by molar-refractivity contribution is 5.90. The Balaban J connectivity index is 1.67. The summed E-state index contributed by atoms with van der Waals surface area (Å²) in [7, 11) is 0. The van der Waals surface area contributed by atoms with Gasteiger partial charge in [-0.25, -0.2) is 4.98 Å². The van der Waals surface area contributed by atoms with E-state index in [-0.39, 0.29) is 0 Å². The molecule has 1 nitrogen and oxygen atoms in total. The Hall–Kier alpha value is -3.45. The topological polar surface area (TPSA) is 12.9 Å². The first-order valence-electron chi connectivity index (χ1n) is 9.66. The molecule has 134 valence electrons. The van der Waals surface area contributed by atoms with E-state index in [1.807, 2.05) is 0 Å². The van der Waals surface area contributed by atoms with Crippen LogP contribution in [-0.4, -0.2) is 4.98 Å². The van der Waals surface area contributed by atoms with Crippen molar-refractivity contribution >= 4 is 21.5 Å². The minimum Gasteiger partial charge on any atom is -0.248 e. The lowest BCUT2D eigenvalue weighted by atomic mass is 9.97. The molecule has 28 heavy (non-hydrogen) atoms. The monoisotopic (exact) mass is 359 g/mol. The van der Waals surface area contributed by atoms with Gasteiger partial charge in [-0.2, -0.15) is 0 Å². The van der Waals surface area contributed by atoms with Crippen molar-refractivity contribution in [1.82, 2.24) is 4.98 Å². The van der Waals surface area contributed by atoms with Crippen LogP contribution in [0.2, 0.25) is 0 Å². The van der Waals surface area contributed by atoms with Crippen LogP contribution in [0, 0.1) is 13.8 Å². The van der Waals surface area contributed by atoms with Gasteiger partial charge in [0, 0.05) is 11.1 Å². The van der Waals surface area contributed by atoms with Gasteiger partial charge in [0.1, 0.15) is 0 Å². The number of fused-ring (bicyclic) bond motifs is 2. The molecular formula is C27H21N. The van der Waals surface area contributed by atoms with Crippen molar-refractivity contribution in [2.24, 2.45) is 0 Å². The summed E-state index contributed by atoms with van der Waals surface area (Å²) in [6.07, 6.45) is 0. The summed E-state index contributed by atoms with van der Waals surface area (Å²) in [4.78, 5) is 5.05. The summed E-state index contributed by atoms with van der Waals surface area (Å²) in [5.74, 6) is 0. The molecule has 0 aliphatic heterocycles. The van der Waals surface area contributed by atoms with Gasteiger partial charge in [0.2, 0.25) is 0 Å². The molecule has 4 aromatic carbocycles. The van der Waals surface area contributed by atoms with Gasteiger partial charge in [-0.05, 0) is 70.8 Å². The van der Waals surface area contributed by atoms with E-state index >= 15 is 0 Å². The van der Waals surface area contributed by atoms with E-state index in [0.29, 0.717) is 0 Å². The first-order valence-corrected chi connectivity index (χ1v) is 9.66. The molecule has 0 unspecified atom stereocenters. The van der Waals surface area contributed by atoms with Crippen molar-refractivity contribution in [2.45, 2.75) is 13.8 Å². The van der Waals surface area contributed by atoms with Gasteiger partial charge in [0.15, 0.2) is 0 Å². The lowest BCUT2D eigenvalue weighted by molar-refractivity contribution is 1.30. The van der Waals surface area contributed by atoms with Crippen molar-refractivity contribution in [2.75, 3.05) is 0 Å². The van der Waals surface area contributed by atoms with Crippen LogP contribution in [0.3, 0.4) is 0 Å². The largest absolute Gasteiger partial charge is 0.248 e. The van der Waals surface area contributed by atoms with Crippen LogP contribution in [0.25, 0.3) is 44.1 Å². The van der Waals surface area contributed by atoms with Crippen molar-refractivity contribution in [3.63, 3.8) is 0 Å². The number of nitrogens with zero attached hydrogens (tertiary/aromatic N) is 1. The Kier molecular flexibility index (Phi) is 3.95. The molecule has 0 N–H and O–H groups in total. The standard InChI is InChI=1S/C27H21N/c1-18-14-20-8-3-5-10-22(20)16-24(18)26-12-7-13-27(28-26)25-17-23-11-6-4-9-21(23)15-19(25)2/h3-17H,1-2H3.